The summed E-state index contributed by atoms with van der Waals surface area (Å²) in [7, 11) is 0. The Morgan fingerprint density at radius 3 is 1.25 bits per heavy atom. The minimum atomic E-state index is 0.881. The van der Waals surface area contributed by atoms with Crippen molar-refractivity contribution in [3.05, 3.63) is 237 Å². The maximum absolute atomic E-state index is 6.61. The molecule has 63 heavy (non-hydrogen) atoms. The highest BCUT2D eigenvalue weighted by atomic mass is 16.3. The first-order valence-corrected chi connectivity index (χ1v) is 21.4. The third-order valence-corrected chi connectivity index (χ3v) is 12.2. The van der Waals surface area contributed by atoms with E-state index in [1.807, 2.05) is 24.3 Å². The largest absolute Gasteiger partial charge is 0.455 e. The van der Waals surface area contributed by atoms with Crippen molar-refractivity contribution in [1.29, 1.82) is 0 Å². The Bertz CT molecular complexity index is 3490. The van der Waals surface area contributed by atoms with Gasteiger partial charge in [-0.15, -0.1) is 0 Å². The van der Waals surface area contributed by atoms with Crippen molar-refractivity contribution >= 4 is 60.9 Å². The van der Waals surface area contributed by atoms with Crippen LogP contribution in [-0.2, 0) is 0 Å². The highest BCUT2D eigenvalue weighted by Gasteiger charge is 2.18. The van der Waals surface area contributed by atoms with Crippen LogP contribution in [0.3, 0.4) is 0 Å². The van der Waals surface area contributed by atoms with E-state index in [1.165, 1.54) is 11.1 Å². The predicted octanol–water partition coefficient (Wildman–Crippen LogP) is 17.3. The standard InChI is InChI=1S/C60H39NO2/c1-3-15-40(16-4-1)41-31-33-49(34-32-41)61(48-20-5-2-6-21-48)50-22-12-19-44(39-50)42-17-11-18-43(35-42)45-36-46(51-25-13-27-55-53-23-7-9-29-57(53)62-59(51)55)38-47(37-45)52-26-14-28-56-54-24-8-10-30-58(54)63-60(52)56/h1-39H. The van der Waals surface area contributed by atoms with E-state index < -0.39 is 0 Å². The van der Waals surface area contributed by atoms with Gasteiger partial charge in [0.25, 0.3) is 0 Å². The fraction of sp³-hybridized carbons (Fsp3) is 0. The van der Waals surface area contributed by atoms with Gasteiger partial charge in [0.2, 0.25) is 0 Å². The molecule has 0 aliphatic rings. The monoisotopic (exact) mass is 805 g/mol. The van der Waals surface area contributed by atoms with E-state index in [9.17, 15) is 0 Å². The van der Waals surface area contributed by atoms with Gasteiger partial charge in [0.15, 0.2) is 0 Å². The fourth-order valence-corrected chi connectivity index (χ4v) is 9.21. The summed E-state index contributed by atoms with van der Waals surface area (Å²) in [5, 5.41) is 4.44. The van der Waals surface area contributed by atoms with E-state index in [-0.39, 0.29) is 0 Å². The zero-order valence-corrected chi connectivity index (χ0v) is 34.3. The van der Waals surface area contributed by atoms with Gasteiger partial charge in [0.05, 0.1) is 0 Å². The van der Waals surface area contributed by atoms with Gasteiger partial charge >= 0.3 is 0 Å². The Morgan fingerprint density at radius 2 is 0.635 bits per heavy atom. The van der Waals surface area contributed by atoms with Crippen LogP contribution in [-0.4, -0.2) is 0 Å². The number of hydrogen-bond donors (Lipinski definition) is 0. The summed E-state index contributed by atoms with van der Waals surface area (Å²) in [6.07, 6.45) is 0. The molecule has 0 N–H and O–H groups in total. The van der Waals surface area contributed by atoms with Crippen molar-refractivity contribution < 1.29 is 8.83 Å². The van der Waals surface area contributed by atoms with Gasteiger partial charge in [-0.3, -0.25) is 0 Å². The smallest absolute Gasteiger partial charge is 0.143 e. The highest BCUT2D eigenvalue weighted by Crippen LogP contribution is 2.43. The maximum atomic E-state index is 6.61. The molecule has 3 nitrogen and oxygen atoms in total. The molecule has 3 heteroatoms. The molecule has 2 heterocycles. The van der Waals surface area contributed by atoms with E-state index in [0.717, 1.165) is 105 Å². The van der Waals surface area contributed by atoms with Gasteiger partial charge in [-0.1, -0.05) is 164 Å². The summed E-state index contributed by atoms with van der Waals surface area (Å²) < 4.78 is 13.2. The van der Waals surface area contributed by atoms with E-state index in [4.69, 9.17) is 8.83 Å². The molecule has 0 unspecified atom stereocenters. The first kappa shape index (κ1) is 36.5. The second-order valence-electron chi connectivity index (χ2n) is 16.1. The second kappa shape index (κ2) is 15.3. The molecular weight excluding hydrogens is 767 g/mol. The average Bonchev–Trinajstić information content (AvgIpc) is 3.94. The van der Waals surface area contributed by atoms with Crippen molar-refractivity contribution in [3.63, 3.8) is 0 Å². The van der Waals surface area contributed by atoms with Gasteiger partial charge < -0.3 is 13.7 Å². The van der Waals surface area contributed by atoms with E-state index in [1.54, 1.807) is 0 Å². The number of furan rings is 2. The molecule has 12 rings (SSSR count). The molecule has 0 radical (unpaired) electrons. The Kier molecular flexibility index (Phi) is 8.83. The molecule has 0 amide bonds. The second-order valence-corrected chi connectivity index (χ2v) is 16.1. The minimum absolute atomic E-state index is 0.881. The Balaban J connectivity index is 0.990. The first-order valence-electron chi connectivity index (χ1n) is 21.4. The molecule has 296 valence electrons. The first-order chi connectivity index (χ1) is 31.2. The van der Waals surface area contributed by atoms with Crippen molar-refractivity contribution in [2.24, 2.45) is 0 Å². The van der Waals surface area contributed by atoms with E-state index >= 15 is 0 Å². The van der Waals surface area contributed by atoms with Crippen molar-refractivity contribution in [2.75, 3.05) is 4.90 Å². The zero-order valence-electron chi connectivity index (χ0n) is 34.3. The molecule has 0 bridgehead atoms. The Labute approximate surface area is 365 Å². The van der Waals surface area contributed by atoms with Gasteiger partial charge in [0.1, 0.15) is 22.3 Å². The van der Waals surface area contributed by atoms with Crippen molar-refractivity contribution in [3.8, 4) is 55.6 Å². The number of rotatable bonds is 8. The molecule has 0 atom stereocenters. The van der Waals surface area contributed by atoms with Crippen LogP contribution in [0, 0.1) is 0 Å². The predicted molar refractivity (Wildman–Crippen MR) is 263 cm³/mol. The molecule has 10 aromatic carbocycles. The zero-order chi connectivity index (χ0) is 41.7. The fourth-order valence-electron chi connectivity index (χ4n) is 9.21. The molecule has 0 saturated carbocycles. The van der Waals surface area contributed by atoms with Crippen molar-refractivity contribution in [2.45, 2.75) is 0 Å². The van der Waals surface area contributed by atoms with Gasteiger partial charge in [-0.2, -0.15) is 0 Å². The van der Waals surface area contributed by atoms with Crippen LogP contribution in [0.25, 0.3) is 99.5 Å². The number of fused-ring (bicyclic) bond motifs is 6. The molecule has 0 fully saturated rings. The van der Waals surface area contributed by atoms with Gasteiger partial charge in [-0.25, -0.2) is 0 Å². The number of hydrogen-bond acceptors (Lipinski definition) is 3. The number of para-hydroxylation sites is 5. The van der Waals surface area contributed by atoms with E-state index in [0.29, 0.717) is 0 Å². The summed E-state index contributed by atoms with van der Waals surface area (Å²) in [6.45, 7) is 0. The van der Waals surface area contributed by atoms with E-state index in [2.05, 4.69) is 217 Å². The molecule has 0 aliphatic carbocycles. The maximum Gasteiger partial charge on any atom is 0.143 e. The summed E-state index contributed by atoms with van der Waals surface area (Å²) in [4.78, 5) is 2.33. The van der Waals surface area contributed by atoms with Crippen LogP contribution < -0.4 is 4.90 Å². The SMILES string of the molecule is c1ccc(-c2ccc(N(c3ccccc3)c3cccc(-c4cccc(-c5cc(-c6cccc7c6oc6ccccc67)cc(-c6cccc7c6oc6ccccc67)c5)c4)c3)cc2)cc1. The summed E-state index contributed by atoms with van der Waals surface area (Å²) >= 11 is 0. The van der Waals surface area contributed by atoms with Gasteiger partial charge in [0, 0.05) is 49.7 Å². The molecule has 0 spiro atoms. The lowest BCUT2D eigenvalue weighted by molar-refractivity contribution is 0.670. The Hall–Kier alpha value is -8.40. The normalized spacial score (nSPS) is 11.5. The topological polar surface area (TPSA) is 29.5 Å². The molecule has 2 aromatic heterocycles. The lowest BCUT2D eigenvalue weighted by Crippen LogP contribution is -2.09. The van der Waals surface area contributed by atoms with Gasteiger partial charge in [-0.05, 0) is 117 Å². The summed E-state index contributed by atoms with van der Waals surface area (Å²) in [5.41, 5.74) is 17.9. The summed E-state index contributed by atoms with van der Waals surface area (Å²) in [6, 6.07) is 84.1. The number of anilines is 3. The van der Waals surface area contributed by atoms with Crippen LogP contribution >= 0.6 is 0 Å². The minimum Gasteiger partial charge on any atom is -0.455 e. The van der Waals surface area contributed by atoms with Crippen LogP contribution in [0.2, 0.25) is 0 Å². The van der Waals surface area contributed by atoms with Crippen LogP contribution in [0.4, 0.5) is 17.1 Å². The average molecular weight is 806 g/mol. The Morgan fingerprint density at radius 1 is 0.238 bits per heavy atom. The molecule has 0 saturated heterocycles. The third-order valence-electron chi connectivity index (χ3n) is 12.2. The highest BCUT2D eigenvalue weighted by molar-refractivity contribution is 6.12. The number of benzene rings is 10. The molecular formula is C60H39NO2. The van der Waals surface area contributed by atoms with Crippen molar-refractivity contribution in [1.82, 2.24) is 0 Å². The summed E-state index contributed by atoms with van der Waals surface area (Å²) in [5.74, 6) is 0. The lowest BCUT2D eigenvalue weighted by Gasteiger charge is -2.26. The van der Waals surface area contributed by atoms with Crippen LogP contribution in [0.15, 0.2) is 245 Å². The number of nitrogens with zero attached hydrogens (tertiary/aromatic N) is 1. The molecule has 12 aromatic rings. The van der Waals surface area contributed by atoms with Crippen LogP contribution in [0.5, 0.6) is 0 Å². The van der Waals surface area contributed by atoms with Crippen LogP contribution in [0.1, 0.15) is 0 Å². The third kappa shape index (κ3) is 6.55. The quantitative estimate of drug-likeness (QED) is 0.153. The lowest BCUT2D eigenvalue weighted by atomic mass is 9.91. The molecule has 0 aliphatic heterocycles.